The summed E-state index contributed by atoms with van der Waals surface area (Å²) in [4.78, 5) is 17.3. The molecule has 0 N–H and O–H groups in total. The first-order valence-corrected chi connectivity index (χ1v) is 10.4. The van der Waals surface area contributed by atoms with Crippen molar-refractivity contribution in [3.8, 4) is 5.75 Å². The zero-order chi connectivity index (χ0) is 18.9. The van der Waals surface area contributed by atoms with Gasteiger partial charge in [-0.2, -0.15) is 0 Å². The number of nitrogens with zero attached hydrogens (tertiary/aromatic N) is 2. The van der Waals surface area contributed by atoms with Crippen LogP contribution in [0.4, 0.5) is 4.39 Å². The van der Waals surface area contributed by atoms with Gasteiger partial charge in [-0.3, -0.25) is 9.69 Å². The van der Waals surface area contributed by atoms with E-state index in [9.17, 15) is 9.18 Å². The second-order valence-electron chi connectivity index (χ2n) is 8.76. The summed E-state index contributed by atoms with van der Waals surface area (Å²) >= 11 is 0. The molecule has 1 unspecified atom stereocenters. The molecule has 148 valence electrons. The van der Waals surface area contributed by atoms with Gasteiger partial charge < -0.3 is 9.64 Å². The van der Waals surface area contributed by atoms with E-state index in [4.69, 9.17) is 4.74 Å². The van der Waals surface area contributed by atoms with Gasteiger partial charge in [0.1, 0.15) is 11.6 Å². The predicted octanol–water partition coefficient (Wildman–Crippen LogP) is 3.84. The first kappa shape index (κ1) is 18.7. The topological polar surface area (TPSA) is 32.8 Å². The lowest BCUT2D eigenvalue weighted by Gasteiger charge is -2.40. The number of benzene rings is 1. The maximum Gasteiger partial charge on any atom is 0.225 e. The molecule has 1 aliphatic carbocycles. The number of rotatable bonds is 4. The van der Waals surface area contributed by atoms with Gasteiger partial charge in [0.2, 0.25) is 5.91 Å². The standard InChI is InChI=1S/C22H31FN2O2/c1-27-19-7-8-20(23)18(13-19)14-24-11-4-9-22(15-24)10-12-25(16-22)21(26)17-5-2-3-6-17/h7-8,13,17H,2-6,9-12,14-16H2,1H3. The highest BCUT2D eigenvalue weighted by Crippen LogP contribution is 2.41. The molecule has 3 fully saturated rings. The monoisotopic (exact) mass is 374 g/mol. The Hall–Kier alpha value is -1.62. The largest absolute Gasteiger partial charge is 0.497 e. The van der Waals surface area contributed by atoms with Crippen LogP contribution in [0.25, 0.3) is 0 Å². The lowest BCUT2D eigenvalue weighted by Crippen LogP contribution is -2.45. The minimum atomic E-state index is -0.167. The SMILES string of the molecule is COc1ccc(F)c(CN2CCCC3(CCN(C(=O)C4CCCC4)C3)C2)c1. The fourth-order valence-corrected chi connectivity index (χ4v) is 5.37. The molecule has 1 aromatic rings. The molecular weight excluding hydrogens is 343 g/mol. The van der Waals surface area contributed by atoms with E-state index >= 15 is 0 Å². The van der Waals surface area contributed by atoms with Crippen molar-refractivity contribution in [3.05, 3.63) is 29.6 Å². The third kappa shape index (κ3) is 3.98. The molecule has 0 bridgehead atoms. The average molecular weight is 375 g/mol. The van der Waals surface area contributed by atoms with E-state index in [0.717, 1.165) is 51.9 Å². The summed E-state index contributed by atoms with van der Waals surface area (Å²) in [6, 6.07) is 4.96. The summed E-state index contributed by atoms with van der Waals surface area (Å²) in [6.45, 7) is 4.35. The molecule has 1 spiro atoms. The van der Waals surface area contributed by atoms with Crippen LogP contribution in [0.5, 0.6) is 5.75 Å². The Balaban J connectivity index is 1.40. The van der Waals surface area contributed by atoms with E-state index in [1.165, 1.54) is 25.3 Å². The van der Waals surface area contributed by atoms with Crippen LogP contribution >= 0.6 is 0 Å². The zero-order valence-electron chi connectivity index (χ0n) is 16.4. The summed E-state index contributed by atoms with van der Waals surface area (Å²) in [6.07, 6.45) is 7.94. The van der Waals surface area contributed by atoms with Gasteiger partial charge in [0.15, 0.2) is 0 Å². The van der Waals surface area contributed by atoms with Crippen LogP contribution in [-0.4, -0.2) is 49.0 Å². The molecular formula is C22H31FN2O2. The summed E-state index contributed by atoms with van der Waals surface area (Å²) in [5.74, 6) is 1.19. The van der Waals surface area contributed by atoms with E-state index in [1.54, 1.807) is 19.2 Å². The first-order chi connectivity index (χ1) is 13.1. The Bertz CT molecular complexity index is 689. The van der Waals surface area contributed by atoms with Crippen molar-refractivity contribution in [1.82, 2.24) is 9.80 Å². The van der Waals surface area contributed by atoms with Crippen molar-refractivity contribution in [2.75, 3.05) is 33.3 Å². The van der Waals surface area contributed by atoms with Crippen molar-refractivity contribution < 1.29 is 13.9 Å². The fraction of sp³-hybridized carbons (Fsp3) is 0.682. The zero-order valence-corrected chi connectivity index (χ0v) is 16.4. The number of hydrogen-bond acceptors (Lipinski definition) is 3. The summed E-state index contributed by atoms with van der Waals surface area (Å²) < 4.78 is 19.5. The quantitative estimate of drug-likeness (QED) is 0.803. The lowest BCUT2D eigenvalue weighted by atomic mass is 9.79. The van der Waals surface area contributed by atoms with Gasteiger partial charge in [-0.25, -0.2) is 4.39 Å². The van der Waals surface area contributed by atoms with Gasteiger partial charge in [-0.05, 0) is 56.8 Å². The number of likely N-dealkylation sites (tertiary alicyclic amines) is 2. The number of halogens is 1. The van der Waals surface area contributed by atoms with Crippen molar-refractivity contribution >= 4 is 5.91 Å². The van der Waals surface area contributed by atoms with Crippen LogP contribution in [0, 0.1) is 17.2 Å². The smallest absolute Gasteiger partial charge is 0.225 e. The molecule has 0 radical (unpaired) electrons. The third-order valence-corrected chi connectivity index (χ3v) is 6.84. The molecule has 1 amide bonds. The third-order valence-electron chi connectivity index (χ3n) is 6.84. The Labute approximate surface area is 161 Å². The van der Waals surface area contributed by atoms with E-state index in [-0.39, 0.29) is 17.2 Å². The maximum atomic E-state index is 14.2. The molecule has 2 saturated heterocycles. The van der Waals surface area contributed by atoms with Crippen molar-refractivity contribution in [2.24, 2.45) is 11.3 Å². The van der Waals surface area contributed by atoms with E-state index < -0.39 is 0 Å². The molecule has 4 rings (SSSR count). The molecule has 1 atom stereocenters. The highest BCUT2D eigenvalue weighted by Gasteiger charge is 2.44. The highest BCUT2D eigenvalue weighted by molar-refractivity contribution is 5.79. The lowest BCUT2D eigenvalue weighted by molar-refractivity contribution is -0.134. The molecule has 5 heteroatoms. The number of piperidine rings is 1. The Kier molecular flexibility index (Phi) is 5.40. The second kappa shape index (κ2) is 7.78. The van der Waals surface area contributed by atoms with Crippen LogP contribution in [0.3, 0.4) is 0 Å². The molecule has 1 aromatic carbocycles. The molecule has 0 aromatic heterocycles. The van der Waals surface area contributed by atoms with Gasteiger partial charge >= 0.3 is 0 Å². The number of amides is 1. The van der Waals surface area contributed by atoms with Crippen LogP contribution in [-0.2, 0) is 11.3 Å². The van der Waals surface area contributed by atoms with Crippen molar-refractivity contribution in [2.45, 2.75) is 51.5 Å². The molecule has 4 nitrogen and oxygen atoms in total. The maximum absolute atomic E-state index is 14.2. The van der Waals surface area contributed by atoms with Crippen LogP contribution in [0.2, 0.25) is 0 Å². The summed E-state index contributed by atoms with van der Waals surface area (Å²) in [5.41, 5.74) is 0.894. The van der Waals surface area contributed by atoms with E-state index in [0.29, 0.717) is 23.8 Å². The van der Waals surface area contributed by atoms with Gasteiger partial charge in [-0.1, -0.05) is 12.8 Å². The summed E-state index contributed by atoms with van der Waals surface area (Å²) in [7, 11) is 1.61. The predicted molar refractivity (Wildman–Crippen MR) is 103 cm³/mol. The first-order valence-electron chi connectivity index (χ1n) is 10.4. The number of methoxy groups -OCH3 is 1. The Morgan fingerprint density at radius 3 is 2.78 bits per heavy atom. The highest BCUT2D eigenvalue weighted by atomic mass is 19.1. The molecule has 1 saturated carbocycles. The number of hydrogen-bond donors (Lipinski definition) is 0. The Morgan fingerprint density at radius 1 is 1.19 bits per heavy atom. The second-order valence-corrected chi connectivity index (χ2v) is 8.76. The average Bonchev–Trinajstić information content (AvgIpc) is 3.34. The van der Waals surface area contributed by atoms with E-state index in [1.807, 2.05) is 0 Å². The van der Waals surface area contributed by atoms with Crippen LogP contribution in [0.15, 0.2) is 18.2 Å². The minimum Gasteiger partial charge on any atom is -0.497 e. The van der Waals surface area contributed by atoms with Crippen molar-refractivity contribution in [1.29, 1.82) is 0 Å². The minimum absolute atomic E-state index is 0.167. The number of ether oxygens (including phenoxy) is 1. The fourth-order valence-electron chi connectivity index (χ4n) is 5.37. The van der Waals surface area contributed by atoms with Gasteiger partial charge in [0, 0.05) is 43.1 Å². The Morgan fingerprint density at radius 2 is 2.00 bits per heavy atom. The normalized spacial score (nSPS) is 26.8. The molecule has 2 heterocycles. The van der Waals surface area contributed by atoms with E-state index in [2.05, 4.69) is 9.80 Å². The number of carbonyl (C=O) groups is 1. The van der Waals surface area contributed by atoms with Crippen molar-refractivity contribution in [3.63, 3.8) is 0 Å². The molecule has 27 heavy (non-hydrogen) atoms. The van der Waals surface area contributed by atoms with Gasteiger partial charge in [0.25, 0.3) is 0 Å². The molecule has 3 aliphatic rings. The van der Waals surface area contributed by atoms with Gasteiger partial charge in [0.05, 0.1) is 7.11 Å². The van der Waals surface area contributed by atoms with Gasteiger partial charge in [-0.15, -0.1) is 0 Å². The number of carbonyl (C=O) groups excluding carboxylic acids is 1. The molecule has 2 aliphatic heterocycles. The summed E-state index contributed by atoms with van der Waals surface area (Å²) in [5, 5.41) is 0. The van der Waals surface area contributed by atoms with Crippen LogP contribution < -0.4 is 4.74 Å². The van der Waals surface area contributed by atoms with Crippen LogP contribution in [0.1, 0.15) is 50.5 Å².